The van der Waals surface area contributed by atoms with Gasteiger partial charge in [0.05, 0.1) is 25.8 Å². The van der Waals surface area contributed by atoms with Crippen molar-refractivity contribution in [2.45, 2.75) is 51.1 Å². The van der Waals surface area contributed by atoms with Gasteiger partial charge in [0.2, 0.25) is 0 Å². The number of hydrogen-bond donors (Lipinski definition) is 1. The molecule has 1 aromatic heterocycles. The van der Waals surface area contributed by atoms with Gasteiger partial charge in [-0.05, 0) is 25.0 Å². The molecule has 0 aliphatic heterocycles. The lowest BCUT2D eigenvalue weighted by molar-refractivity contribution is -0.140. The van der Waals surface area contributed by atoms with Crippen LogP contribution in [0.1, 0.15) is 44.2 Å². The molecule has 2 rings (SSSR count). The number of methoxy groups -OCH3 is 1. The van der Waals surface area contributed by atoms with Crippen LogP contribution in [0.3, 0.4) is 0 Å². The number of amides is 2. The maximum atomic E-state index is 12.6. The van der Waals surface area contributed by atoms with Gasteiger partial charge in [-0.15, -0.1) is 0 Å². The molecular weight excluding hydrogens is 294 g/mol. The van der Waals surface area contributed by atoms with Crippen molar-refractivity contribution in [3.8, 4) is 0 Å². The van der Waals surface area contributed by atoms with Gasteiger partial charge >= 0.3 is 12.0 Å². The Balaban J connectivity index is 1.95. The molecule has 2 amide bonds. The fraction of sp³-hybridized carbons (Fsp3) is 0.588. The van der Waals surface area contributed by atoms with Gasteiger partial charge in [-0.25, -0.2) is 4.79 Å². The topological polar surface area (TPSA) is 71.5 Å². The number of carbonyl (C=O) groups is 2. The molecule has 1 heterocycles. The molecular formula is C17H25N3O3. The molecule has 6 nitrogen and oxygen atoms in total. The molecule has 1 aromatic rings. The number of esters is 1. The van der Waals surface area contributed by atoms with E-state index in [-0.39, 0.29) is 24.5 Å². The lowest BCUT2D eigenvalue weighted by Crippen LogP contribution is -2.46. The number of ether oxygens (including phenoxy) is 1. The van der Waals surface area contributed by atoms with E-state index >= 15 is 0 Å². The smallest absolute Gasteiger partial charge is 0.317 e. The van der Waals surface area contributed by atoms with E-state index in [1.807, 2.05) is 18.2 Å². The van der Waals surface area contributed by atoms with Crippen molar-refractivity contribution in [3.63, 3.8) is 0 Å². The van der Waals surface area contributed by atoms with Crippen molar-refractivity contribution in [1.29, 1.82) is 0 Å². The molecule has 1 aliphatic carbocycles. The first-order valence-electron chi connectivity index (χ1n) is 8.21. The van der Waals surface area contributed by atoms with Gasteiger partial charge in [0.25, 0.3) is 0 Å². The van der Waals surface area contributed by atoms with E-state index in [2.05, 4.69) is 15.0 Å². The molecule has 6 heteroatoms. The van der Waals surface area contributed by atoms with Crippen LogP contribution in [0.25, 0.3) is 0 Å². The van der Waals surface area contributed by atoms with Crippen LogP contribution in [0.15, 0.2) is 24.4 Å². The Kier molecular flexibility index (Phi) is 6.84. The molecule has 1 saturated carbocycles. The second-order valence-corrected chi connectivity index (χ2v) is 5.85. The Labute approximate surface area is 137 Å². The Morgan fingerprint density at radius 3 is 2.74 bits per heavy atom. The Hall–Kier alpha value is -2.11. The molecule has 0 aromatic carbocycles. The fourth-order valence-corrected chi connectivity index (χ4v) is 2.78. The van der Waals surface area contributed by atoms with Crippen LogP contribution in [-0.2, 0) is 16.1 Å². The first-order chi connectivity index (χ1) is 11.2. The largest absolute Gasteiger partial charge is 0.469 e. The second kappa shape index (κ2) is 9.12. The monoisotopic (exact) mass is 319 g/mol. The summed E-state index contributed by atoms with van der Waals surface area (Å²) in [5.74, 6) is -0.318. The Morgan fingerprint density at radius 2 is 2.09 bits per heavy atom. The predicted molar refractivity (Wildman–Crippen MR) is 86.7 cm³/mol. The van der Waals surface area contributed by atoms with E-state index in [1.165, 1.54) is 13.5 Å². The Bertz CT molecular complexity index is 501. The number of pyridine rings is 1. The van der Waals surface area contributed by atoms with E-state index in [1.54, 1.807) is 11.1 Å². The van der Waals surface area contributed by atoms with Crippen LogP contribution < -0.4 is 5.32 Å². The van der Waals surface area contributed by atoms with Gasteiger partial charge in [-0.2, -0.15) is 0 Å². The molecule has 1 N–H and O–H groups in total. The molecule has 0 radical (unpaired) electrons. The minimum atomic E-state index is -0.318. The summed E-state index contributed by atoms with van der Waals surface area (Å²) in [7, 11) is 1.35. The average molecular weight is 319 g/mol. The van der Waals surface area contributed by atoms with Crippen molar-refractivity contribution < 1.29 is 14.3 Å². The number of hydrogen-bond acceptors (Lipinski definition) is 4. The average Bonchev–Trinajstić information content (AvgIpc) is 2.60. The normalized spacial score (nSPS) is 15.0. The number of aromatic nitrogens is 1. The van der Waals surface area contributed by atoms with Gasteiger partial charge in [-0.3, -0.25) is 9.78 Å². The van der Waals surface area contributed by atoms with Gasteiger partial charge in [-0.1, -0.05) is 25.3 Å². The summed E-state index contributed by atoms with van der Waals surface area (Å²) < 4.78 is 4.67. The third-order valence-corrected chi connectivity index (χ3v) is 4.11. The third-order valence-electron chi connectivity index (χ3n) is 4.11. The number of carbonyl (C=O) groups excluding carboxylic acids is 2. The molecule has 0 atom stereocenters. The summed E-state index contributed by atoms with van der Waals surface area (Å²) >= 11 is 0. The highest BCUT2D eigenvalue weighted by atomic mass is 16.5. The maximum Gasteiger partial charge on any atom is 0.317 e. The van der Waals surface area contributed by atoms with Crippen LogP contribution in [0.4, 0.5) is 4.79 Å². The van der Waals surface area contributed by atoms with E-state index in [0.717, 1.165) is 31.4 Å². The molecule has 1 aliphatic rings. The Morgan fingerprint density at radius 1 is 1.30 bits per heavy atom. The van der Waals surface area contributed by atoms with E-state index in [0.29, 0.717) is 13.1 Å². The number of nitrogens with zero attached hydrogens (tertiary/aromatic N) is 2. The van der Waals surface area contributed by atoms with Crippen molar-refractivity contribution in [2.75, 3.05) is 13.7 Å². The minimum absolute atomic E-state index is 0.133. The van der Waals surface area contributed by atoms with Gasteiger partial charge < -0.3 is 15.0 Å². The molecule has 0 saturated heterocycles. The molecule has 0 unspecified atom stereocenters. The van der Waals surface area contributed by atoms with Crippen LogP contribution in [-0.4, -0.2) is 41.6 Å². The molecule has 126 valence electrons. The SMILES string of the molecule is COC(=O)CCN(Cc1ccccn1)C(=O)NC1CCCCC1. The molecule has 0 bridgehead atoms. The minimum Gasteiger partial charge on any atom is -0.469 e. The highest BCUT2D eigenvalue weighted by molar-refractivity contribution is 5.76. The highest BCUT2D eigenvalue weighted by Crippen LogP contribution is 2.17. The quantitative estimate of drug-likeness (QED) is 0.818. The summed E-state index contributed by atoms with van der Waals surface area (Å²) in [5, 5.41) is 3.09. The first kappa shape index (κ1) is 17.2. The summed E-state index contributed by atoms with van der Waals surface area (Å²) in [6, 6.07) is 5.70. The van der Waals surface area contributed by atoms with Crippen molar-refractivity contribution in [2.24, 2.45) is 0 Å². The van der Waals surface area contributed by atoms with Crippen LogP contribution in [0.5, 0.6) is 0 Å². The zero-order valence-corrected chi connectivity index (χ0v) is 13.7. The van der Waals surface area contributed by atoms with Gasteiger partial charge in [0.1, 0.15) is 0 Å². The van der Waals surface area contributed by atoms with Crippen LogP contribution in [0.2, 0.25) is 0 Å². The zero-order valence-electron chi connectivity index (χ0n) is 13.7. The fourth-order valence-electron chi connectivity index (χ4n) is 2.78. The van der Waals surface area contributed by atoms with Gasteiger partial charge in [0, 0.05) is 18.8 Å². The van der Waals surface area contributed by atoms with Crippen molar-refractivity contribution in [1.82, 2.24) is 15.2 Å². The standard InChI is InChI=1S/C17H25N3O3/c1-23-16(21)10-12-20(13-15-9-5-6-11-18-15)17(22)19-14-7-3-2-4-8-14/h5-6,9,11,14H,2-4,7-8,10,12-13H2,1H3,(H,19,22). The van der Waals surface area contributed by atoms with E-state index in [4.69, 9.17) is 0 Å². The van der Waals surface area contributed by atoms with Crippen molar-refractivity contribution >= 4 is 12.0 Å². The third kappa shape index (κ3) is 5.88. The number of urea groups is 1. The summed E-state index contributed by atoms with van der Waals surface area (Å²) in [6.07, 6.45) is 7.50. The van der Waals surface area contributed by atoms with Crippen LogP contribution >= 0.6 is 0 Å². The molecule has 23 heavy (non-hydrogen) atoms. The van der Waals surface area contributed by atoms with Gasteiger partial charge in [0.15, 0.2) is 0 Å². The summed E-state index contributed by atoms with van der Waals surface area (Å²) in [6.45, 7) is 0.707. The lowest BCUT2D eigenvalue weighted by Gasteiger charge is -2.28. The van der Waals surface area contributed by atoms with Crippen molar-refractivity contribution in [3.05, 3.63) is 30.1 Å². The maximum absolute atomic E-state index is 12.6. The zero-order chi connectivity index (χ0) is 16.5. The highest BCUT2D eigenvalue weighted by Gasteiger charge is 2.21. The van der Waals surface area contributed by atoms with E-state index < -0.39 is 0 Å². The van der Waals surface area contributed by atoms with Crippen LogP contribution in [0, 0.1) is 0 Å². The lowest BCUT2D eigenvalue weighted by atomic mass is 9.96. The predicted octanol–water partition coefficient (Wildman–Crippen LogP) is 2.49. The first-order valence-corrected chi connectivity index (χ1v) is 8.21. The number of nitrogens with one attached hydrogen (secondary N) is 1. The molecule has 0 spiro atoms. The summed E-state index contributed by atoms with van der Waals surface area (Å²) in [4.78, 5) is 29.8. The summed E-state index contributed by atoms with van der Waals surface area (Å²) in [5.41, 5.74) is 0.802. The molecule has 1 fully saturated rings. The number of rotatable bonds is 6. The van der Waals surface area contributed by atoms with E-state index in [9.17, 15) is 9.59 Å². The second-order valence-electron chi connectivity index (χ2n) is 5.85.